The van der Waals surface area contributed by atoms with Crippen LogP contribution in [0.4, 0.5) is 4.79 Å². The summed E-state index contributed by atoms with van der Waals surface area (Å²) in [4.78, 5) is 39.6. The van der Waals surface area contributed by atoms with Crippen LogP contribution in [0, 0.1) is 5.92 Å². The topological polar surface area (TPSA) is 90.9 Å². The van der Waals surface area contributed by atoms with Crippen molar-refractivity contribution in [2.24, 2.45) is 5.92 Å². The normalized spacial score (nSPS) is 21.6. The number of esters is 1. The quantitative estimate of drug-likeness (QED) is 0.172. The number of amides is 1. The van der Waals surface area contributed by atoms with Gasteiger partial charge in [0.1, 0.15) is 37.1 Å². The zero-order valence-electron chi connectivity index (χ0n) is 25.9. The average Bonchev–Trinajstić information content (AvgIpc) is 3.01. The van der Waals surface area contributed by atoms with E-state index in [4.69, 9.17) is 14.2 Å². The van der Waals surface area contributed by atoms with Gasteiger partial charge in [-0.15, -0.1) is 0 Å². The van der Waals surface area contributed by atoms with E-state index in [9.17, 15) is 14.4 Å². The number of ketones is 1. The number of nitrogens with zero attached hydrogens (tertiary/aromatic N) is 1. The predicted molar refractivity (Wildman–Crippen MR) is 167 cm³/mol. The number of ether oxygens (including phenoxy) is 3. The van der Waals surface area contributed by atoms with Crippen molar-refractivity contribution in [1.29, 1.82) is 0 Å². The fourth-order valence-electron chi connectivity index (χ4n) is 6.17. The molecule has 8 nitrogen and oxygen atoms in total. The summed E-state index contributed by atoms with van der Waals surface area (Å²) in [6, 6.07) is 25.9. The van der Waals surface area contributed by atoms with E-state index in [1.165, 1.54) is 0 Å². The lowest BCUT2D eigenvalue weighted by atomic mass is 9.82. The van der Waals surface area contributed by atoms with Gasteiger partial charge >= 0.3 is 12.1 Å². The van der Waals surface area contributed by atoms with E-state index >= 15 is 0 Å². The predicted octanol–water partition coefficient (Wildman–Crippen LogP) is 5.74. The van der Waals surface area contributed by atoms with Crippen LogP contribution < -0.4 is 10.1 Å². The summed E-state index contributed by atoms with van der Waals surface area (Å²) in [6.45, 7) is 8.58. The van der Waals surface area contributed by atoms with Crippen LogP contribution in [0.15, 0.2) is 84.9 Å². The van der Waals surface area contributed by atoms with E-state index in [1.54, 1.807) is 20.8 Å². The molecule has 2 bridgehead atoms. The van der Waals surface area contributed by atoms with E-state index in [-0.39, 0.29) is 24.2 Å². The lowest BCUT2D eigenvalue weighted by Crippen LogP contribution is -2.66. The second kappa shape index (κ2) is 13.6. The van der Waals surface area contributed by atoms with Gasteiger partial charge in [-0.1, -0.05) is 72.8 Å². The van der Waals surface area contributed by atoms with Gasteiger partial charge in [0, 0.05) is 30.7 Å². The molecule has 3 heterocycles. The number of rotatable bonds is 11. The van der Waals surface area contributed by atoms with Crippen molar-refractivity contribution in [3.05, 3.63) is 102 Å². The highest BCUT2D eigenvalue weighted by molar-refractivity contribution is 5.97. The highest BCUT2D eigenvalue weighted by Crippen LogP contribution is 2.36. The van der Waals surface area contributed by atoms with E-state index < -0.39 is 23.7 Å². The Kier molecular flexibility index (Phi) is 9.69. The third kappa shape index (κ3) is 8.47. The summed E-state index contributed by atoms with van der Waals surface area (Å²) in [6.07, 6.45) is 1.04. The van der Waals surface area contributed by atoms with Gasteiger partial charge in [-0.25, -0.2) is 9.59 Å². The monoisotopic (exact) mass is 599 g/mol. The minimum Gasteiger partial charge on any atom is -0.489 e. The van der Waals surface area contributed by atoms with Crippen molar-refractivity contribution in [2.75, 3.05) is 26.2 Å². The molecule has 2 unspecified atom stereocenters. The summed E-state index contributed by atoms with van der Waals surface area (Å²) in [5.74, 6) is 0.570. The Labute approximate surface area is 259 Å². The molecular formula is C36H43N2O6+. The summed E-state index contributed by atoms with van der Waals surface area (Å²) in [5, 5.41) is 2.75. The fraction of sp³-hybridized carbons (Fsp3) is 0.417. The zero-order valence-corrected chi connectivity index (χ0v) is 25.9. The molecule has 44 heavy (non-hydrogen) atoms. The first-order valence-electron chi connectivity index (χ1n) is 15.5. The molecule has 3 saturated heterocycles. The van der Waals surface area contributed by atoms with Gasteiger partial charge in [-0.05, 0) is 44.0 Å². The number of fused-ring (bicyclic) bond motifs is 3. The molecule has 0 aliphatic carbocycles. The van der Waals surface area contributed by atoms with Crippen LogP contribution in [-0.4, -0.2) is 66.3 Å². The van der Waals surface area contributed by atoms with Gasteiger partial charge < -0.3 is 24.0 Å². The maximum absolute atomic E-state index is 13.7. The second-order valence-corrected chi connectivity index (χ2v) is 13.1. The molecule has 0 aromatic heterocycles. The number of hydrogen-bond acceptors (Lipinski definition) is 6. The molecule has 3 aromatic carbocycles. The molecule has 0 spiro atoms. The van der Waals surface area contributed by atoms with Crippen molar-refractivity contribution in [1.82, 2.24) is 5.32 Å². The lowest BCUT2D eigenvalue weighted by Gasteiger charge is -2.51. The Morgan fingerprint density at radius 3 is 2.14 bits per heavy atom. The number of piperidine rings is 3. The van der Waals surface area contributed by atoms with Crippen LogP contribution in [0.5, 0.6) is 5.75 Å². The van der Waals surface area contributed by atoms with Gasteiger partial charge in [-0.3, -0.25) is 4.79 Å². The molecule has 3 aliphatic rings. The highest BCUT2D eigenvalue weighted by Gasteiger charge is 2.49. The zero-order chi connectivity index (χ0) is 31.2. The minimum atomic E-state index is -0.934. The minimum absolute atomic E-state index is 0.108. The van der Waals surface area contributed by atoms with Crippen LogP contribution >= 0.6 is 0 Å². The summed E-state index contributed by atoms with van der Waals surface area (Å²) in [7, 11) is 0. The van der Waals surface area contributed by atoms with Gasteiger partial charge in [0.2, 0.25) is 5.78 Å². The van der Waals surface area contributed by atoms with E-state index in [0.29, 0.717) is 35.5 Å². The Morgan fingerprint density at radius 1 is 0.864 bits per heavy atom. The number of hydrogen-bond donors (Lipinski definition) is 1. The van der Waals surface area contributed by atoms with Crippen LogP contribution in [0.1, 0.15) is 55.1 Å². The molecule has 6 rings (SSSR count). The summed E-state index contributed by atoms with van der Waals surface area (Å²) < 4.78 is 18.2. The molecular weight excluding hydrogens is 556 g/mol. The second-order valence-electron chi connectivity index (χ2n) is 13.1. The smallest absolute Gasteiger partial charge is 0.408 e. The molecule has 3 fully saturated rings. The molecule has 2 atom stereocenters. The first-order chi connectivity index (χ1) is 21.1. The number of quaternary nitrogens is 1. The molecule has 0 radical (unpaired) electrons. The first-order valence-corrected chi connectivity index (χ1v) is 15.5. The standard InChI is InChI=1S/C36H42N2O6/c1-36(2,3)44-35(41)37-31(22-26-14-16-30(17-15-26)42-25-27-10-6-4-7-11-27)34(40)43-33-24-38(20-18-29(33)19-21-38)23-32(39)28-12-8-5-9-13-28/h4-17,29,31,33H,18-25H2,1-3H3/p+1. The molecule has 1 N–H and O–H groups in total. The van der Waals surface area contributed by atoms with Crippen molar-refractivity contribution in [2.45, 2.75) is 64.4 Å². The number of nitrogens with one attached hydrogen (secondary N) is 1. The molecule has 8 heteroatoms. The van der Waals surface area contributed by atoms with Gasteiger partial charge in [0.15, 0.2) is 6.10 Å². The van der Waals surface area contributed by atoms with E-state index in [2.05, 4.69) is 5.32 Å². The molecule has 1 amide bonds. The molecule has 232 valence electrons. The van der Waals surface area contributed by atoms with E-state index in [1.807, 2.05) is 84.9 Å². The third-order valence-corrected chi connectivity index (χ3v) is 8.47. The maximum atomic E-state index is 13.7. The number of benzene rings is 3. The van der Waals surface area contributed by atoms with Crippen molar-refractivity contribution in [3.8, 4) is 5.75 Å². The molecule has 3 aliphatic heterocycles. The Hall–Kier alpha value is -4.17. The number of carbonyl (C=O) groups excluding carboxylic acids is 3. The summed E-state index contributed by atoms with van der Waals surface area (Å²) >= 11 is 0. The Bertz CT molecular complexity index is 1410. The number of alkyl carbamates (subject to hydrolysis) is 1. The lowest BCUT2D eigenvalue weighted by molar-refractivity contribution is -0.938. The van der Waals surface area contributed by atoms with Crippen LogP contribution in [0.3, 0.4) is 0 Å². The average molecular weight is 600 g/mol. The Balaban J connectivity index is 1.24. The fourth-order valence-corrected chi connectivity index (χ4v) is 6.17. The van der Waals surface area contributed by atoms with Crippen molar-refractivity contribution in [3.63, 3.8) is 0 Å². The Morgan fingerprint density at radius 2 is 1.50 bits per heavy atom. The first kappa shape index (κ1) is 31.3. The molecule has 0 saturated carbocycles. The molecule has 3 aromatic rings. The van der Waals surface area contributed by atoms with Crippen molar-refractivity contribution >= 4 is 17.8 Å². The van der Waals surface area contributed by atoms with Crippen LogP contribution in [-0.2, 0) is 27.3 Å². The third-order valence-electron chi connectivity index (χ3n) is 8.47. The largest absolute Gasteiger partial charge is 0.489 e. The SMILES string of the molecule is CC(C)(C)OC(=O)NC(Cc1ccc(OCc2ccccc2)cc1)C(=O)OC1C[N+]2(CC(=O)c3ccccc3)CCC1CC2. The van der Waals surface area contributed by atoms with E-state index in [0.717, 1.165) is 37.1 Å². The van der Waals surface area contributed by atoms with Crippen LogP contribution in [0.25, 0.3) is 0 Å². The van der Waals surface area contributed by atoms with Gasteiger partial charge in [0.05, 0.1) is 13.1 Å². The van der Waals surface area contributed by atoms with Gasteiger partial charge in [0.25, 0.3) is 0 Å². The van der Waals surface area contributed by atoms with Gasteiger partial charge in [-0.2, -0.15) is 0 Å². The number of carbonyl (C=O) groups is 3. The van der Waals surface area contributed by atoms with Crippen LogP contribution in [0.2, 0.25) is 0 Å². The summed E-state index contributed by atoms with van der Waals surface area (Å²) in [5.41, 5.74) is 1.91. The maximum Gasteiger partial charge on any atom is 0.408 e. The highest BCUT2D eigenvalue weighted by atomic mass is 16.6. The van der Waals surface area contributed by atoms with Crippen molar-refractivity contribution < 1.29 is 33.1 Å². The number of Topliss-reactive ketones (excluding diaryl/α,β-unsaturated/α-hetero) is 1.